The quantitative estimate of drug-likeness (QED) is 0.814. The summed E-state index contributed by atoms with van der Waals surface area (Å²) in [6, 6.07) is 6.13. The average molecular weight is 303 g/mol. The number of carboxylic acids is 1. The van der Waals surface area contributed by atoms with E-state index in [1.165, 1.54) is 12.1 Å². The normalized spacial score (nSPS) is 21.2. The first-order valence-corrected chi connectivity index (χ1v) is 7.70. The van der Waals surface area contributed by atoms with Crippen LogP contribution in [0.1, 0.15) is 12.8 Å². The monoisotopic (exact) mass is 302 g/mol. The molecule has 2 rings (SSSR count). The Bertz CT molecular complexity index is 587. The summed E-state index contributed by atoms with van der Waals surface area (Å²) in [5.41, 5.74) is 0. The summed E-state index contributed by atoms with van der Waals surface area (Å²) >= 11 is 5.89. The Labute approximate surface area is 116 Å². The first kappa shape index (κ1) is 14.3. The predicted octanol–water partition coefficient (Wildman–Crippen LogP) is 0.491. The van der Waals surface area contributed by atoms with Crippen molar-refractivity contribution in [3.63, 3.8) is 0 Å². The minimum atomic E-state index is -3.75. The Kier molecular flexibility index (Phi) is 4.13. The minimum absolute atomic E-state index is 0.00987. The van der Waals surface area contributed by atoms with E-state index in [1.807, 2.05) is 0 Å². The SMILES string of the molecule is O=C([O-])[C@@H]1CCCN(S(=O)(=O)c2ccccc2Cl)C1. The molecule has 0 aliphatic carbocycles. The van der Waals surface area contributed by atoms with Crippen molar-refractivity contribution in [2.75, 3.05) is 13.1 Å². The second-order valence-electron chi connectivity index (χ2n) is 4.45. The maximum absolute atomic E-state index is 12.4. The molecule has 1 aromatic rings. The van der Waals surface area contributed by atoms with Crippen LogP contribution in [0.4, 0.5) is 0 Å². The lowest BCUT2D eigenvalue weighted by Crippen LogP contribution is -2.46. The van der Waals surface area contributed by atoms with Gasteiger partial charge in [0.1, 0.15) is 4.90 Å². The molecule has 1 fully saturated rings. The highest BCUT2D eigenvalue weighted by molar-refractivity contribution is 7.89. The van der Waals surface area contributed by atoms with Crippen LogP contribution in [0, 0.1) is 5.92 Å². The summed E-state index contributed by atoms with van der Waals surface area (Å²) in [6.45, 7) is 0.243. The summed E-state index contributed by atoms with van der Waals surface area (Å²) < 4.78 is 26.0. The summed E-state index contributed by atoms with van der Waals surface area (Å²) in [7, 11) is -3.75. The lowest BCUT2D eigenvalue weighted by Gasteiger charge is -2.32. The molecule has 0 saturated carbocycles. The molecule has 0 amide bonds. The highest BCUT2D eigenvalue weighted by Crippen LogP contribution is 2.27. The number of carbonyl (C=O) groups excluding carboxylic acids is 1. The standard InChI is InChI=1S/C12H14ClNO4S/c13-10-5-1-2-6-11(10)19(17,18)14-7-3-4-9(8-14)12(15)16/h1-2,5-6,9H,3-4,7-8H2,(H,15,16)/p-1/t9-/m1/s1. The number of hydrogen-bond donors (Lipinski definition) is 0. The second kappa shape index (κ2) is 5.48. The lowest BCUT2D eigenvalue weighted by molar-refractivity contribution is -0.312. The van der Waals surface area contributed by atoms with Crippen molar-refractivity contribution in [3.8, 4) is 0 Å². The smallest absolute Gasteiger partial charge is 0.244 e. The van der Waals surface area contributed by atoms with Crippen molar-refractivity contribution in [3.05, 3.63) is 29.3 Å². The molecule has 7 heteroatoms. The molecule has 0 radical (unpaired) electrons. The number of piperidine rings is 1. The van der Waals surface area contributed by atoms with Crippen LogP contribution in [0.3, 0.4) is 0 Å². The van der Waals surface area contributed by atoms with Gasteiger partial charge in [-0.3, -0.25) is 0 Å². The average Bonchev–Trinajstić information content (AvgIpc) is 2.39. The van der Waals surface area contributed by atoms with Crippen LogP contribution < -0.4 is 5.11 Å². The Morgan fingerprint density at radius 1 is 1.37 bits per heavy atom. The topological polar surface area (TPSA) is 77.5 Å². The zero-order valence-electron chi connectivity index (χ0n) is 10.1. The Hall–Kier alpha value is -1.11. The van der Waals surface area contributed by atoms with Crippen molar-refractivity contribution in [2.45, 2.75) is 17.7 Å². The Morgan fingerprint density at radius 3 is 2.68 bits per heavy atom. The van der Waals surface area contributed by atoms with Crippen LogP contribution in [0.25, 0.3) is 0 Å². The second-order valence-corrected chi connectivity index (χ2v) is 6.77. The molecule has 1 aliphatic rings. The number of sulfonamides is 1. The van der Waals surface area contributed by atoms with Gasteiger partial charge in [0.2, 0.25) is 10.0 Å². The van der Waals surface area contributed by atoms with E-state index in [0.29, 0.717) is 19.4 Å². The Morgan fingerprint density at radius 2 is 2.05 bits per heavy atom. The molecular formula is C12H13ClNO4S-. The third-order valence-electron chi connectivity index (χ3n) is 3.17. The number of nitrogens with zero attached hydrogens (tertiary/aromatic N) is 1. The zero-order valence-corrected chi connectivity index (χ0v) is 11.7. The van der Waals surface area contributed by atoms with Gasteiger partial charge in [-0.15, -0.1) is 0 Å². The van der Waals surface area contributed by atoms with Gasteiger partial charge in [-0.1, -0.05) is 23.7 Å². The van der Waals surface area contributed by atoms with E-state index in [0.717, 1.165) is 4.31 Å². The number of hydrogen-bond acceptors (Lipinski definition) is 4. The van der Waals surface area contributed by atoms with Crippen LogP contribution in [0.2, 0.25) is 5.02 Å². The zero-order chi connectivity index (χ0) is 14.0. The van der Waals surface area contributed by atoms with Crippen LogP contribution in [-0.2, 0) is 14.8 Å². The van der Waals surface area contributed by atoms with E-state index < -0.39 is 21.9 Å². The van der Waals surface area contributed by atoms with E-state index in [-0.39, 0.29) is 16.5 Å². The number of halogens is 1. The first-order chi connectivity index (χ1) is 8.93. The van der Waals surface area contributed by atoms with Crippen molar-refractivity contribution in [1.82, 2.24) is 4.31 Å². The molecular weight excluding hydrogens is 290 g/mol. The minimum Gasteiger partial charge on any atom is -0.550 e. The highest BCUT2D eigenvalue weighted by Gasteiger charge is 2.31. The first-order valence-electron chi connectivity index (χ1n) is 5.88. The van der Waals surface area contributed by atoms with Crippen LogP contribution in [-0.4, -0.2) is 31.8 Å². The fraction of sp³-hybridized carbons (Fsp3) is 0.417. The van der Waals surface area contributed by atoms with Gasteiger partial charge < -0.3 is 9.90 Å². The van der Waals surface area contributed by atoms with E-state index in [4.69, 9.17) is 11.6 Å². The number of benzene rings is 1. The fourth-order valence-corrected chi connectivity index (χ4v) is 4.16. The van der Waals surface area contributed by atoms with E-state index >= 15 is 0 Å². The molecule has 104 valence electrons. The molecule has 0 spiro atoms. The van der Waals surface area contributed by atoms with Crippen molar-refractivity contribution in [2.24, 2.45) is 5.92 Å². The van der Waals surface area contributed by atoms with Crippen LogP contribution >= 0.6 is 11.6 Å². The molecule has 5 nitrogen and oxygen atoms in total. The third kappa shape index (κ3) is 2.91. The molecule has 1 heterocycles. The van der Waals surface area contributed by atoms with Gasteiger partial charge >= 0.3 is 0 Å². The largest absolute Gasteiger partial charge is 0.550 e. The maximum Gasteiger partial charge on any atom is 0.244 e. The van der Waals surface area contributed by atoms with Gasteiger partial charge in [-0.05, 0) is 25.0 Å². The summed E-state index contributed by atoms with van der Waals surface area (Å²) in [4.78, 5) is 10.9. The number of rotatable bonds is 3. The van der Waals surface area contributed by atoms with Gasteiger partial charge in [0.25, 0.3) is 0 Å². The van der Waals surface area contributed by atoms with Crippen molar-refractivity contribution >= 4 is 27.6 Å². The molecule has 0 bridgehead atoms. The summed E-state index contributed by atoms with van der Waals surface area (Å²) in [6.07, 6.45) is 0.944. The third-order valence-corrected chi connectivity index (χ3v) is 5.54. The van der Waals surface area contributed by atoms with Crippen molar-refractivity contribution < 1.29 is 18.3 Å². The molecule has 1 aromatic carbocycles. The van der Waals surface area contributed by atoms with E-state index in [1.54, 1.807) is 12.1 Å². The van der Waals surface area contributed by atoms with Gasteiger partial charge in [0, 0.05) is 25.0 Å². The summed E-state index contributed by atoms with van der Waals surface area (Å²) in [5, 5.41) is 11.0. The van der Waals surface area contributed by atoms with Crippen molar-refractivity contribution in [1.29, 1.82) is 0 Å². The van der Waals surface area contributed by atoms with Gasteiger partial charge in [-0.25, -0.2) is 8.42 Å². The van der Waals surface area contributed by atoms with E-state index in [9.17, 15) is 18.3 Å². The van der Waals surface area contributed by atoms with Gasteiger partial charge in [0.05, 0.1) is 5.02 Å². The molecule has 0 unspecified atom stereocenters. The molecule has 1 saturated heterocycles. The molecule has 0 N–H and O–H groups in total. The maximum atomic E-state index is 12.4. The molecule has 0 aromatic heterocycles. The number of carbonyl (C=O) groups is 1. The predicted molar refractivity (Wildman–Crippen MR) is 67.9 cm³/mol. The number of aliphatic carboxylic acids is 1. The Balaban J connectivity index is 2.30. The highest BCUT2D eigenvalue weighted by atomic mass is 35.5. The molecule has 1 aliphatic heterocycles. The van der Waals surface area contributed by atoms with Gasteiger partial charge in [0.15, 0.2) is 0 Å². The summed E-state index contributed by atoms with van der Waals surface area (Å²) in [5.74, 6) is -1.97. The van der Waals surface area contributed by atoms with E-state index in [2.05, 4.69) is 0 Å². The van der Waals surface area contributed by atoms with Gasteiger partial charge in [-0.2, -0.15) is 4.31 Å². The van der Waals surface area contributed by atoms with Crippen LogP contribution in [0.5, 0.6) is 0 Å². The lowest BCUT2D eigenvalue weighted by atomic mass is 10.0. The fourth-order valence-electron chi connectivity index (χ4n) is 2.15. The number of carboxylic acid groups (broad SMARTS) is 1. The molecule has 19 heavy (non-hydrogen) atoms. The molecule has 1 atom stereocenters. The van der Waals surface area contributed by atoms with Crippen LogP contribution in [0.15, 0.2) is 29.2 Å².